The lowest BCUT2D eigenvalue weighted by Crippen LogP contribution is -2.75. The van der Waals surface area contributed by atoms with E-state index < -0.39 is 53.1 Å². The van der Waals surface area contributed by atoms with Gasteiger partial charge in [-0.25, -0.2) is 0 Å². The molecule has 2 aliphatic heterocycles. The first-order chi connectivity index (χ1) is 20.4. The zero-order chi connectivity index (χ0) is 31.1. The van der Waals surface area contributed by atoms with Gasteiger partial charge < -0.3 is 39.8 Å². The maximum Gasteiger partial charge on any atom is 0.312 e. The van der Waals surface area contributed by atoms with E-state index in [1.165, 1.54) is 13.8 Å². The van der Waals surface area contributed by atoms with Crippen molar-refractivity contribution in [1.82, 2.24) is 15.5 Å². The molecule has 1 saturated heterocycles. The van der Waals surface area contributed by atoms with E-state index in [9.17, 15) is 29.4 Å². The molecule has 4 aliphatic rings. The molecule has 1 aromatic carbocycles. The van der Waals surface area contributed by atoms with E-state index in [0.717, 1.165) is 11.1 Å². The van der Waals surface area contributed by atoms with Crippen LogP contribution in [0.15, 0.2) is 24.0 Å². The molecule has 0 radical (unpaired) electrons. The molecule has 1 unspecified atom stereocenters. The van der Waals surface area contributed by atoms with Crippen LogP contribution in [0.2, 0.25) is 0 Å². The van der Waals surface area contributed by atoms with Gasteiger partial charge >= 0.3 is 11.9 Å². The van der Waals surface area contributed by atoms with Crippen molar-refractivity contribution in [2.45, 2.75) is 81.3 Å². The second-order valence-corrected chi connectivity index (χ2v) is 11.6. The molecular weight excluding hydrogens is 562 g/mol. The second-order valence-electron chi connectivity index (χ2n) is 11.6. The highest BCUT2D eigenvalue weighted by molar-refractivity contribution is 5.81. The monoisotopic (exact) mass is 601 g/mol. The van der Waals surface area contributed by atoms with E-state index in [-0.39, 0.29) is 38.4 Å². The van der Waals surface area contributed by atoms with Gasteiger partial charge in [0.1, 0.15) is 23.6 Å². The van der Waals surface area contributed by atoms with Crippen LogP contribution in [0.5, 0.6) is 11.5 Å². The summed E-state index contributed by atoms with van der Waals surface area (Å²) < 4.78 is 24.6. The number of aliphatic hydroxyl groups is 2. The van der Waals surface area contributed by atoms with Crippen molar-refractivity contribution in [2.75, 3.05) is 33.8 Å². The Morgan fingerprint density at radius 1 is 1.07 bits per heavy atom. The highest BCUT2D eigenvalue weighted by atomic mass is 16.6. The number of likely N-dealkylation sites (N-methyl/N-ethyl adjacent to an activating group) is 1. The number of carbonyl (C=O) groups is 4. The normalized spacial score (nSPS) is 27.9. The number of carbonyl (C=O) groups excluding carboxylic acids is 4. The van der Waals surface area contributed by atoms with E-state index >= 15 is 0 Å². The van der Waals surface area contributed by atoms with Crippen molar-refractivity contribution in [1.29, 1.82) is 0 Å². The molecule has 2 bridgehead atoms. The number of hydrogen-bond acceptors (Lipinski definition) is 11. The van der Waals surface area contributed by atoms with E-state index in [4.69, 9.17) is 18.9 Å². The number of amides is 2. The summed E-state index contributed by atoms with van der Waals surface area (Å²) in [5.41, 5.74) is -0.0197. The maximum atomic E-state index is 13.4. The van der Waals surface area contributed by atoms with Crippen LogP contribution in [0, 0.1) is 0 Å². The molecule has 1 aromatic rings. The molecule has 13 nitrogen and oxygen atoms in total. The molecule has 2 aliphatic carbocycles. The summed E-state index contributed by atoms with van der Waals surface area (Å²) in [6, 6.07) is 3.64. The SMILES string of the molecule is COc1ccc2c3c1O[C@@H]1C(OC(=O)CCNC(=O)C(C)O)=CC[C@]4(OC(=O)CCNC(=O)[C@H](C)O)[C@H](C2)N(C)CC[C@@]314. The molecule has 1 fully saturated rings. The molecule has 0 aromatic heterocycles. The van der Waals surface area contributed by atoms with Crippen LogP contribution in [0.1, 0.15) is 50.7 Å². The number of nitrogens with zero attached hydrogens (tertiary/aromatic N) is 1. The van der Waals surface area contributed by atoms with Crippen molar-refractivity contribution in [2.24, 2.45) is 0 Å². The highest BCUT2D eigenvalue weighted by Gasteiger charge is 2.74. The molecule has 5 rings (SSSR count). The summed E-state index contributed by atoms with van der Waals surface area (Å²) in [4.78, 5) is 52.0. The van der Waals surface area contributed by atoms with Gasteiger partial charge in [-0.1, -0.05) is 6.07 Å². The third kappa shape index (κ3) is 5.12. The van der Waals surface area contributed by atoms with Crippen molar-refractivity contribution in [3.05, 3.63) is 35.1 Å². The lowest BCUT2D eigenvalue weighted by molar-refractivity contribution is -0.206. The van der Waals surface area contributed by atoms with Gasteiger partial charge in [0.25, 0.3) is 0 Å². The van der Waals surface area contributed by atoms with Crippen LogP contribution in [0.3, 0.4) is 0 Å². The Bertz CT molecular complexity index is 1340. The van der Waals surface area contributed by atoms with Gasteiger partial charge in [-0.2, -0.15) is 0 Å². The van der Waals surface area contributed by atoms with Gasteiger partial charge in [0, 0.05) is 25.1 Å². The first kappa shape index (κ1) is 30.8. The number of rotatable bonds is 11. The van der Waals surface area contributed by atoms with Crippen molar-refractivity contribution in [3.8, 4) is 11.5 Å². The highest BCUT2D eigenvalue weighted by Crippen LogP contribution is 2.66. The van der Waals surface area contributed by atoms with Gasteiger partial charge in [0.15, 0.2) is 17.6 Å². The molecule has 2 heterocycles. The fourth-order valence-electron chi connectivity index (χ4n) is 7.06. The van der Waals surface area contributed by atoms with Crippen LogP contribution in [0.25, 0.3) is 0 Å². The Morgan fingerprint density at radius 3 is 2.35 bits per heavy atom. The summed E-state index contributed by atoms with van der Waals surface area (Å²) in [5, 5.41) is 23.9. The van der Waals surface area contributed by atoms with Crippen LogP contribution in [-0.4, -0.2) is 103 Å². The van der Waals surface area contributed by atoms with Gasteiger partial charge in [0.2, 0.25) is 11.8 Å². The summed E-state index contributed by atoms with van der Waals surface area (Å²) in [5.74, 6) is -0.901. The largest absolute Gasteiger partial charge is 0.493 e. The van der Waals surface area contributed by atoms with Crippen molar-refractivity contribution < 1.29 is 48.3 Å². The average molecular weight is 602 g/mol. The molecule has 6 atom stereocenters. The molecule has 1 spiro atoms. The smallest absolute Gasteiger partial charge is 0.312 e. The number of benzene rings is 1. The minimum Gasteiger partial charge on any atom is -0.493 e. The molecule has 234 valence electrons. The lowest BCUT2D eigenvalue weighted by atomic mass is 9.50. The molecule has 43 heavy (non-hydrogen) atoms. The number of hydrogen-bond donors (Lipinski definition) is 4. The third-order valence-electron chi connectivity index (χ3n) is 9.06. The minimum absolute atomic E-state index is 0.00599. The zero-order valence-corrected chi connectivity index (χ0v) is 24.8. The zero-order valence-electron chi connectivity index (χ0n) is 24.8. The van der Waals surface area contributed by atoms with Crippen LogP contribution in [0.4, 0.5) is 0 Å². The minimum atomic E-state index is -1.19. The van der Waals surface area contributed by atoms with Crippen LogP contribution >= 0.6 is 0 Å². The first-order valence-corrected chi connectivity index (χ1v) is 14.6. The van der Waals surface area contributed by atoms with Crippen molar-refractivity contribution >= 4 is 23.8 Å². The first-order valence-electron chi connectivity index (χ1n) is 14.6. The summed E-state index contributed by atoms with van der Waals surface area (Å²) in [6.45, 7) is 3.35. The molecule has 0 saturated carbocycles. The summed E-state index contributed by atoms with van der Waals surface area (Å²) >= 11 is 0. The predicted octanol–water partition coefficient (Wildman–Crippen LogP) is -0.159. The number of methoxy groups -OCH3 is 1. The fourth-order valence-corrected chi connectivity index (χ4v) is 7.06. The number of piperidine rings is 1. The molecular formula is C30H39N3O10. The molecule has 4 N–H and O–H groups in total. The molecule has 2 amide bonds. The lowest BCUT2D eigenvalue weighted by Gasteiger charge is -2.62. The van der Waals surface area contributed by atoms with E-state index in [1.807, 2.05) is 19.2 Å². The fraction of sp³-hybridized carbons (Fsp3) is 0.600. The van der Waals surface area contributed by atoms with Crippen molar-refractivity contribution in [3.63, 3.8) is 0 Å². The van der Waals surface area contributed by atoms with Gasteiger partial charge in [-0.05, 0) is 58.0 Å². The number of esters is 2. The Balaban J connectivity index is 1.48. The van der Waals surface area contributed by atoms with Crippen LogP contribution in [-0.2, 0) is 40.5 Å². The van der Waals surface area contributed by atoms with E-state index in [1.54, 1.807) is 13.2 Å². The number of ether oxygens (including phenoxy) is 4. The average Bonchev–Trinajstić information content (AvgIpc) is 3.32. The van der Waals surface area contributed by atoms with E-state index in [2.05, 4.69) is 15.5 Å². The Kier molecular flexibility index (Phi) is 8.43. The Morgan fingerprint density at radius 2 is 1.72 bits per heavy atom. The Hall–Kier alpha value is -3.68. The van der Waals surface area contributed by atoms with E-state index in [0.29, 0.717) is 36.6 Å². The molecule has 13 heteroatoms. The third-order valence-corrected chi connectivity index (χ3v) is 9.06. The number of likely N-dealkylation sites (tertiary alicyclic amines) is 1. The number of nitrogens with one attached hydrogen (secondary N) is 2. The topological polar surface area (TPSA) is 173 Å². The standard InChI is InChI=1S/C30H39N3O10/c1-16(34)27(38)31-12-8-22(36)41-20-7-10-30(43-23(37)9-13-32-28(39)17(2)35)21-15-18-5-6-19(40-4)25-24(18)29(30,26(20)42-25)11-14-33(21)3/h5-7,16-17,21,26,34-35H,8-15H2,1-4H3,(H,31,38)(H,32,39)/t16?,17-,21-,26+,29+,30-/m0/s1. The number of aliphatic hydroxyl groups excluding tert-OH is 2. The van der Waals surface area contributed by atoms with Crippen LogP contribution < -0.4 is 20.1 Å². The quantitative estimate of drug-likeness (QED) is 0.248. The maximum absolute atomic E-state index is 13.4. The predicted molar refractivity (Wildman–Crippen MR) is 150 cm³/mol. The summed E-state index contributed by atoms with van der Waals surface area (Å²) in [7, 11) is 3.55. The van der Waals surface area contributed by atoms with Gasteiger partial charge in [0.05, 0.1) is 31.4 Å². The van der Waals surface area contributed by atoms with Gasteiger partial charge in [-0.3, -0.25) is 24.1 Å². The second kappa shape index (κ2) is 11.8. The van der Waals surface area contributed by atoms with Gasteiger partial charge in [-0.15, -0.1) is 0 Å². The Labute approximate surface area is 249 Å². The summed E-state index contributed by atoms with van der Waals surface area (Å²) in [6.07, 6.45) is -0.262.